The number of rotatable bonds is 3. The van der Waals surface area contributed by atoms with Crippen LogP contribution in [0.15, 0.2) is 24.3 Å². The average molecular weight is 206 g/mol. The summed E-state index contributed by atoms with van der Waals surface area (Å²) in [5.41, 5.74) is 1.60. The largest absolute Gasteiger partial charge is 0.508 e. The van der Waals surface area contributed by atoms with Gasteiger partial charge in [0.05, 0.1) is 0 Å². The second kappa shape index (κ2) is 4.64. The van der Waals surface area contributed by atoms with E-state index in [9.17, 15) is 9.90 Å². The fourth-order valence-electron chi connectivity index (χ4n) is 1.31. The van der Waals surface area contributed by atoms with Crippen molar-refractivity contribution < 1.29 is 15.0 Å². The van der Waals surface area contributed by atoms with Gasteiger partial charge in [0.2, 0.25) is 0 Å². The molecule has 0 radical (unpaired) electrons. The molecule has 3 heteroatoms. The van der Waals surface area contributed by atoms with Crippen molar-refractivity contribution in [2.75, 3.05) is 0 Å². The maximum Gasteiger partial charge on any atom is 0.328 e. The van der Waals surface area contributed by atoms with Crippen LogP contribution in [0, 0.1) is 0 Å². The Morgan fingerprint density at radius 3 is 2.60 bits per heavy atom. The summed E-state index contributed by atoms with van der Waals surface area (Å²) in [6, 6.07) is 5.05. The Morgan fingerprint density at radius 1 is 1.40 bits per heavy atom. The van der Waals surface area contributed by atoms with E-state index in [0.29, 0.717) is 0 Å². The molecule has 0 bridgehead atoms. The molecule has 2 N–H and O–H groups in total. The molecular weight excluding hydrogens is 192 g/mol. The monoisotopic (exact) mass is 206 g/mol. The summed E-state index contributed by atoms with van der Waals surface area (Å²) < 4.78 is 0. The predicted molar refractivity (Wildman–Crippen MR) is 58.9 cm³/mol. The zero-order valence-electron chi connectivity index (χ0n) is 8.77. The second-order valence-electron chi connectivity index (χ2n) is 3.64. The van der Waals surface area contributed by atoms with E-state index in [1.54, 1.807) is 18.2 Å². The third-order valence-corrected chi connectivity index (χ3v) is 2.09. The van der Waals surface area contributed by atoms with Crippen LogP contribution in [0.1, 0.15) is 30.9 Å². The van der Waals surface area contributed by atoms with Gasteiger partial charge >= 0.3 is 5.97 Å². The van der Waals surface area contributed by atoms with E-state index in [4.69, 9.17) is 5.11 Å². The van der Waals surface area contributed by atoms with Crippen LogP contribution < -0.4 is 0 Å². The topological polar surface area (TPSA) is 57.5 Å². The van der Waals surface area contributed by atoms with Crippen molar-refractivity contribution in [3.63, 3.8) is 0 Å². The second-order valence-corrected chi connectivity index (χ2v) is 3.64. The SMILES string of the molecule is CC(C)c1cc(C=CC(=O)O)ccc1O. The fourth-order valence-corrected chi connectivity index (χ4v) is 1.31. The number of benzene rings is 1. The van der Waals surface area contributed by atoms with Crippen LogP contribution in [0.3, 0.4) is 0 Å². The van der Waals surface area contributed by atoms with Gasteiger partial charge in [-0.2, -0.15) is 0 Å². The van der Waals surface area contributed by atoms with E-state index >= 15 is 0 Å². The number of phenolic OH excluding ortho intramolecular Hbond substituents is 1. The number of aliphatic carboxylic acids is 1. The summed E-state index contributed by atoms with van der Waals surface area (Å²) in [4.78, 5) is 10.3. The lowest BCUT2D eigenvalue weighted by molar-refractivity contribution is -0.131. The Bertz CT molecular complexity index is 392. The van der Waals surface area contributed by atoms with E-state index in [0.717, 1.165) is 17.2 Å². The van der Waals surface area contributed by atoms with Crippen molar-refractivity contribution in [2.45, 2.75) is 19.8 Å². The molecule has 0 aliphatic heterocycles. The van der Waals surface area contributed by atoms with Gasteiger partial charge in [0.25, 0.3) is 0 Å². The Labute approximate surface area is 88.7 Å². The first kappa shape index (κ1) is 11.3. The van der Waals surface area contributed by atoms with E-state index < -0.39 is 5.97 Å². The number of aromatic hydroxyl groups is 1. The summed E-state index contributed by atoms with van der Waals surface area (Å²) >= 11 is 0. The lowest BCUT2D eigenvalue weighted by atomic mass is 9.99. The zero-order valence-corrected chi connectivity index (χ0v) is 8.77. The molecule has 1 aromatic rings. The Balaban J connectivity index is 3.02. The molecular formula is C12H14O3. The molecule has 0 heterocycles. The third-order valence-electron chi connectivity index (χ3n) is 2.09. The van der Waals surface area contributed by atoms with E-state index in [2.05, 4.69) is 0 Å². The molecule has 0 saturated heterocycles. The number of carboxylic acids is 1. The molecule has 3 nitrogen and oxygen atoms in total. The van der Waals surface area contributed by atoms with Crippen molar-refractivity contribution in [3.05, 3.63) is 35.4 Å². The van der Waals surface area contributed by atoms with Crippen LogP contribution in [-0.4, -0.2) is 16.2 Å². The first-order valence-corrected chi connectivity index (χ1v) is 4.74. The van der Waals surface area contributed by atoms with Gasteiger partial charge in [0.1, 0.15) is 5.75 Å². The van der Waals surface area contributed by atoms with Crippen molar-refractivity contribution >= 4 is 12.0 Å². The van der Waals surface area contributed by atoms with Gasteiger partial charge < -0.3 is 10.2 Å². The minimum Gasteiger partial charge on any atom is -0.508 e. The lowest BCUT2D eigenvalue weighted by Crippen LogP contribution is -1.90. The molecule has 0 unspecified atom stereocenters. The lowest BCUT2D eigenvalue weighted by Gasteiger charge is -2.08. The summed E-state index contributed by atoms with van der Waals surface area (Å²) in [6.07, 6.45) is 2.59. The highest BCUT2D eigenvalue weighted by molar-refractivity contribution is 5.85. The molecule has 0 aliphatic rings. The molecule has 15 heavy (non-hydrogen) atoms. The Morgan fingerprint density at radius 2 is 2.07 bits per heavy atom. The first-order chi connectivity index (χ1) is 7.00. The molecule has 0 amide bonds. The van der Waals surface area contributed by atoms with Gasteiger partial charge in [-0.25, -0.2) is 4.79 Å². The van der Waals surface area contributed by atoms with E-state index in [1.165, 1.54) is 6.08 Å². The normalized spacial score (nSPS) is 11.1. The number of carbonyl (C=O) groups is 1. The van der Waals surface area contributed by atoms with E-state index in [1.807, 2.05) is 13.8 Å². The minimum atomic E-state index is -0.978. The molecule has 80 valence electrons. The highest BCUT2D eigenvalue weighted by Gasteiger charge is 2.05. The average Bonchev–Trinajstić information content (AvgIpc) is 2.16. The van der Waals surface area contributed by atoms with Crippen molar-refractivity contribution in [1.82, 2.24) is 0 Å². The number of carboxylic acid groups (broad SMARTS) is 1. The highest BCUT2D eigenvalue weighted by atomic mass is 16.4. The van der Waals surface area contributed by atoms with Crippen LogP contribution in [0.2, 0.25) is 0 Å². The molecule has 0 aliphatic carbocycles. The summed E-state index contributed by atoms with van der Waals surface area (Å²) in [6.45, 7) is 3.94. The number of hydrogen-bond donors (Lipinski definition) is 2. The predicted octanol–water partition coefficient (Wildman–Crippen LogP) is 2.61. The molecule has 1 aromatic carbocycles. The van der Waals surface area contributed by atoms with Gasteiger partial charge in [0.15, 0.2) is 0 Å². The van der Waals surface area contributed by atoms with Crippen LogP contribution >= 0.6 is 0 Å². The van der Waals surface area contributed by atoms with Gasteiger partial charge in [-0.3, -0.25) is 0 Å². The summed E-state index contributed by atoms with van der Waals surface area (Å²) in [5.74, 6) is -0.519. The first-order valence-electron chi connectivity index (χ1n) is 4.74. The molecule has 0 aromatic heterocycles. The van der Waals surface area contributed by atoms with Crippen molar-refractivity contribution in [3.8, 4) is 5.75 Å². The van der Waals surface area contributed by atoms with Gasteiger partial charge in [-0.15, -0.1) is 0 Å². The summed E-state index contributed by atoms with van der Waals surface area (Å²) in [5, 5.41) is 18.0. The smallest absolute Gasteiger partial charge is 0.328 e. The maximum absolute atomic E-state index is 10.3. The molecule has 1 rings (SSSR count). The van der Waals surface area contributed by atoms with Crippen LogP contribution in [-0.2, 0) is 4.79 Å². The highest BCUT2D eigenvalue weighted by Crippen LogP contribution is 2.26. The van der Waals surface area contributed by atoms with E-state index in [-0.39, 0.29) is 11.7 Å². The Kier molecular flexibility index (Phi) is 3.50. The van der Waals surface area contributed by atoms with Crippen LogP contribution in [0.25, 0.3) is 6.08 Å². The molecule has 0 fully saturated rings. The zero-order chi connectivity index (χ0) is 11.4. The number of hydrogen-bond acceptors (Lipinski definition) is 2. The van der Waals surface area contributed by atoms with Gasteiger partial charge in [-0.1, -0.05) is 19.9 Å². The number of phenols is 1. The molecule has 0 spiro atoms. The fraction of sp³-hybridized carbons (Fsp3) is 0.250. The minimum absolute atomic E-state index is 0.211. The van der Waals surface area contributed by atoms with Gasteiger partial charge in [0, 0.05) is 6.08 Å². The maximum atomic E-state index is 10.3. The van der Waals surface area contributed by atoms with Gasteiger partial charge in [-0.05, 0) is 35.3 Å². The van der Waals surface area contributed by atoms with Crippen molar-refractivity contribution in [2.24, 2.45) is 0 Å². The Hall–Kier alpha value is -1.77. The standard InChI is InChI=1S/C12H14O3/c1-8(2)10-7-9(3-5-11(10)13)4-6-12(14)15/h3-8,13H,1-2H3,(H,14,15). The van der Waals surface area contributed by atoms with Crippen LogP contribution in [0.4, 0.5) is 0 Å². The third kappa shape index (κ3) is 3.13. The quantitative estimate of drug-likeness (QED) is 0.747. The van der Waals surface area contributed by atoms with Crippen molar-refractivity contribution in [1.29, 1.82) is 0 Å². The molecule has 0 saturated carbocycles. The molecule has 0 atom stereocenters. The van der Waals surface area contributed by atoms with Crippen LogP contribution in [0.5, 0.6) is 5.75 Å². The summed E-state index contributed by atoms with van der Waals surface area (Å²) in [7, 11) is 0.